The molecule has 0 fully saturated rings. The molecule has 144 valence electrons. The van der Waals surface area contributed by atoms with Crippen LogP contribution in [0.3, 0.4) is 0 Å². The molecule has 0 amide bonds. The number of hydrogen-bond acceptors (Lipinski definition) is 3. The monoisotopic (exact) mass is 388 g/mol. The van der Waals surface area contributed by atoms with Gasteiger partial charge in [-0.2, -0.15) is 5.26 Å². The molecule has 2 N–H and O–H groups in total. The van der Waals surface area contributed by atoms with E-state index >= 15 is 0 Å². The van der Waals surface area contributed by atoms with E-state index in [1.165, 1.54) is 5.56 Å². The van der Waals surface area contributed by atoms with Crippen molar-refractivity contribution in [2.24, 2.45) is 5.73 Å². The number of allylic oxidation sites excluding steroid dienone is 6. The second-order valence-corrected chi connectivity index (χ2v) is 7.66. The molecule has 0 bridgehead atoms. The molecule has 0 aromatic heterocycles. The molecule has 3 heteroatoms. The van der Waals surface area contributed by atoms with Crippen LogP contribution in [0.2, 0.25) is 0 Å². The normalized spacial score (nSPS) is 18.9. The third-order valence-corrected chi connectivity index (χ3v) is 5.62. The van der Waals surface area contributed by atoms with Crippen LogP contribution in [0.5, 0.6) is 5.75 Å². The van der Waals surface area contributed by atoms with E-state index in [2.05, 4.69) is 73.7 Å². The Morgan fingerprint density at radius 2 is 1.90 bits per heavy atom. The fourth-order valence-electron chi connectivity index (χ4n) is 4.28. The van der Waals surface area contributed by atoms with Crippen molar-refractivity contribution in [2.45, 2.75) is 12.8 Å². The van der Waals surface area contributed by atoms with Crippen LogP contribution in [0.4, 0.5) is 0 Å². The van der Waals surface area contributed by atoms with Crippen LogP contribution >= 0.6 is 0 Å². The van der Waals surface area contributed by atoms with Gasteiger partial charge in [-0.15, -0.1) is 0 Å². The lowest BCUT2D eigenvalue weighted by molar-refractivity contribution is 0.395. The molecule has 30 heavy (non-hydrogen) atoms. The molecule has 1 aliphatic carbocycles. The molecule has 1 aliphatic heterocycles. The Kier molecular flexibility index (Phi) is 4.26. The molecule has 0 spiro atoms. The van der Waals surface area contributed by atoms with Crippen molar-refractivity contribution in [3.8, 4) is 11.8 Å². The number of benzene rings is 3. The third kappa shape index (κ3) is 3.00. The van der Waals surface area contributed by atoms with Crippen molar-refractivity contribution in [3.05, 3.63) is 118 Å². The highest BCUT2D eigenvalue weighted by molar-refractivity contribution is 5.90. The topological polar surface area (TPSA) is 59.0 Å². The lowest BCUT2D eigenvalue weighted by Gasteiger charge is -2.27. The Labute approximate surface area is 175 Å². The summed E-state index contributed by atoms with van der Waals surface area (Å²) in [6.45, 7) is 2.09. The lowest BCUT2D eigenvalue weighted by Crippen LogP contribution is -2.21. The van der Waals surface area contributed by atoms with Gasteiger partial charge in [0, 0.05) is 5.56 Å². The van der Waals surface area contributed by atoms with E-state index in [1.54, 1.807) is 0 Å². The zero-order chi connectivity index (χ0) is 20.7. The highest BCUT2D eigenvalue weighted by Gasteiger charge is 2.33. The van der Waals surface area contributed by atoms with Crippen molar-refractivity contribution in [1.82, 2.24) is 0 Å². The summed E-state index contributed by atoms with van der Waals surface area (Å²) in [6, 6.07) is 22.8. The SMILES string of the molecule is Cc1cccc(/C=C2\C=CC(C3C(C#N)=C(N)Oc4ccc5ccccc5c43)=C2)c1. The van der Waals surface area contributed by atoms with Gasteiger partial charge in [0.25, 0.3) is 0 Å². The van der Waals surface area contributed by atoms with Crippen LogP contribution in [0.15, 0.2) is 101 Å². The maximum Gasteiger partial charge on any atom is 0.205 e. The van der Waals surface area contributed by atoms with Gasteiger partial charge in [0.1, 0.15) is 17.4 Å². The molecule has 5 rings (SSSR count). The van der Waals surface area contributed by atoms with E-state index in [4.69, 9.17) is 10.5 Å². The maximum atomic E-state index is 9.89. The van der Waals surface area contributed by atoms with Gasteiger partial charge in [0.05, 0.1) is 5.92 Å². The minimum absolute atomic E-state index is 0.177. The fraction of sp³-hybridized carbons (Fsp3) is 0.0741. The number of nitrogens with two attached hydrogens (primary N) is 1. The Morgan fingerprint density at radius 1 is 1.03 bits per heavy atom. The molecule has 1 heterocycles. The maximum absolute atomic E-state index is 9.89. The molecule has 0 saturated carbocycles. The zero-order valence-electron chi connectivity index (χ0n) is 16.6. The summed E-state index contributed by atoms with van der Waals surface area (Å²) in [7, 11) is 0. The predicted molar refractivity (Wildman–Crippen MR) is 121 cm³/mol. The van der Waals surface area contributed by atoms with Gasteiger partial charge in [-0.3, -0.25) is 0 Å². The molecular formula is C27H20N2O. The molecular weight excluding hydrogens is 368 g/mol. The van der Waals surface area contributed by atoms with Crippen LogP contribution in [0, 0.1) is 18.3 Å². The summed E-state index contributed by atoms with van der Waals surface area (Å²) in [5.41, 5.74) is 12.1. The second kappa shape index (κ2) is 7.09. The van der Waals surface area contributed by atoms with Gasteiger partial charge in [0.15, 0.2) is 0 Å². The summed E-state index contributed by atoms with van der Waals surface area (Å²) >= 11 is 0. The number of aryl methyl sites for hydroxylation is 1. The standard InChI is InChI=1S/C27H20N2O/c1-17-5-4-6-18(13-17)14-19-9-10-21(15-19)25-23(16-28)27(29)30-24-12-11-20-7-2-3-8-22(20)26(24)25/h2-15,25H,29H2,1H3/b19-14+. The van der Waals surface area contributed by atoms with Crippen molar-refractivity contribution in [3.63, 3.8) is 0 Å². The third-order valence-electron chi connectivity index (χ3n) is 5.62. The summed E-state index contributed by atoms with van der Waals surface area (Å²) in [4.78, 5) is 0. The highest BCUT2D eigenvalue weighted by atomic mass is 16.5. The number of fused-ring (bicyclic) bond motifs is 3. The Bertz CT molecular complexity index is 1350. The molecule has 1 atom stereocenters. The summed E-state index contributed by atoms with van der Waals surface area (Å²) < 4.78 is 5.84. The molecule has 2 aliphatic rings. The first-order valence-electron chi connectivity index (χ1n) is 9.91. The van der Waals surface area contributed by atoms with Crippen molar-refractivity contribution < 1.29 is 4.74 Å². The predicted octanol–water partition coefficient (Wildman–Crippen LogP) is 5.90. The van der Waals surface area contributed by atoms with Crippen molar-refractivity contribution >= 4 is 16.8 Å². The lowest BCUT2D eigenvalue weighted by atomic mass is 9.81. The second-order valence-electron chi connectivity index (χ2n) is 7.66. The molecule has 0 saturated heterocycles. The van der Waals surface area contributed by atoms with Gasteiger partial charge in [-0.1, -0.05) is 78.4 Å². The Balaban J connectivity index is 1.66. The van der Waals surface area contributed by atoms with Gasteiger partial charge in [-0.25, -0.2) is 0 Å². The van der Waals surface area contributed by atoms with Gasteiger partial charge in [0.2, 0.25) is 5.88 Å². The van der Waals surface area contributed by atoms with E-state index in [1.807, 2.05) is 24.3 Å². The largest absolute Gasteiger partial charge is 0.440 e. The van der Waals surface area contributed by atoms with Crippen LogP contribution in [0.25, 0.3) is 16.8 Å². The average Bonchev–Trinajstić information content (AvgIpc) is 3.20. The van der Waals surface area contributed by atoms with Crippen molar-refractivity contribution in [1.29, 1.82) is 5.26 Å². The van der Waals surface area contributed by atoms with Crippen LogP contribution < -0.4 is 10.5 Å². The molecule has 3 aromatic rings. The molecule has 1 unspecified atom stereocenters. The van der Waals surface area contributed by atoms with Crippen molar-refractivity contribution in [2.75, 3.05) is 0 Å². The Hall–Kier alpha value is -4.03. The molecule has 3 aromatic carbocycles. The summed E-state index contributed by atoms with van der Waals surface area (Å²) in [6.07, 6.45) is 8.45. The number of nitriles is 1. The van der Waals surface area contributed by atoms with E-state index in [9.17, 15) is 5.26 Å². The van der Waals surface area contributed by atoms with Gasteiger partial charge >= 0.3 is 0 Å². The van der Waals surface area contributed by atoms with E-state index in [0.717, 1.165) is 33.0 Å². The van der Waals surface area contributed by atoms with Crippen LogP contribution in [0.1, 0.15) is 22.6 Å². The average molecular weight is 388 g/mol. The number of hydrogen-bond donors (Lipinski definition) is 1. The minimum atomic E-state index is -0.260. The minimum Gasteiger partial charge on any atom is -0.440 e. The smallest absolute Gasteiger partial charge is 0.205 e. The number of ether oxygens (including phenoxy) is 1. The first-order valence-corrected chi connectivity index (χ1v) is 9.91. The number of nitrogens with zero attached hydrogens (tertiary/aromatic N) is 1. The first kappa shape index (κ1) is 18.0. The van der Waals surface area contributed by atoms with E-state index in [0.29, 0.717) is 11.3 Å². The van der Waals surface area contributed by atoms with Gasteiger partial charge < -0.3 is 10.5 Å². The fourth-order valence-corrected chi connectivity index (χ4v) is 4.28. The van der Waals surface area contributed by atoms with E-state index < -0.39 is 0 Å². The highest BCUT2D eigenvalue weighted by Crippen LogP contribution is 2.47. The quantitative estimate of drug-likeness (QED) is 0.595. The van der Waals surface area contributed by atoms with Crippen LogP contribution in [-0.2, 0) is 0 Å². The van der Waals surface area contributed by atoms with Crippen LogP contribution in [-0.4, -0.2) is 0 Å². The van der Waals surface area contributed by atoms with Gasteiger partial charge in [-0.05, 0) is 46.5 Å². The Morgan fingerprint density at radius 3 is 2.73 bits per heavy atom. The summed E-state index contributed by atoms with van der Waals surface area (Å²) in [5, 5.41) is 12.1. The molecule has 3 nitrogen and oxygen atoms in total. The number of rotatable bonds is 2. The molecule has 0 radical (unpaired) electrons. The van der Waals surface area contributed by atoms with E-state index in [-0.39, 0.29) is 11.8 Å². The zero-order valence-corrected chi connectivity index (χ0v) is 16.6. The first-order chi connectivity index (χ1) is 14.6. The summed E-state index contributed by atoms with van der Waals surface area (Å²) in [5.74, 6) is 0.626.